The fourth-order valence-corrected chi connectivity index (χ4v) is 4.49. The van der Waals surface area contributed by atoms with Gasteiger partial charge in [-0.1, -0.05) is 42.5 Å². The molecule has 0 saturated carbocycles. The van der Waals surface area contributed by atoms with E-state index in [-0.39, 0.29) is 24.0 Å². The number of aryl methyl sites for hydroxylation is 2. The molecule has 0 atom stereocenters. The van der Waals surface area contributed by atoms with E-state index in [0.717, 1.165) is 16.7 Å². The third kappa shape index (κ3) is 3.01. The summed E-state index contributed by atoms with van der Waals surface area (Å²) in [5.74, 6) is -0.591. The van der Waals surface area contributed by atoms with Crippen molar-refractivity contribution in [1.29, 1.82) is 0 Å². The highest BCUT2D eigenvalue weighted by atomic mass is 16.3. The van der Waals surface area contributed by atoms with Gasteiger partial charge in [-0.15, -0.1) is 0 Å². The number of benzene rings is 3. The first kappa shape index (κ1) is 19.9. The van der Waals surface area contributed by atoms with Crippen LogP contribution in [0.5, 0.6) is 0 Å². The van der Waals surface area contributed by atoms with Crippen LogP contribution in [0, 0.1) is 13.8 Å². The Kier molecular flexibility index (Phi) is 4.96. The van der Waals surface area contributed by atoms with Gasteiger partial charge in [0.15, 0.2) is 17.3 Å². The second-order valence-electron chi connectivity index (χ2n) is 7.78. The van der Waals surface area contributed by atoms with Crippen LogP contribution in [0.4, 0.5) is 0 Å². The molecule has 4 rings (SSSR count). The Morgan fingerprint density at radius 1 is 0.833 bits per heavy atom. The van der Waals surface area contributed by atoms with E-state index in [2.05, 4.69) is 0 Å². The van der Waals surface area contributed by atoms with Crippen molar-refractivity contribution in [3.63, 3.8) is 0 Å². The van der Waals surface area contributed by atoms with Crippen LogP contribution in [-0.4, -0.2) is 22.5 Å². The minimum absolute atomic E-state index is 0.143. The maximum Gasteiger partial charge on any atom is 0.194 e. The van der Waals surface area contributed by atoms with E-state index in [4.69, 9.17) is 0 Å². The predicted octanol–water partition coefficient (Wildman–Crippen LogP) is 4.36. The van der Waals surface area contributed by atoms with E-state index in [0.29, 0.717) is 45.4 Å². The Hall–Kier alpha value is -3.37. The normalized spacial score (nSPS) is 12.5. The van der Waals surface area contributed by atoms with Crippen molar-refractivity contribution < 1.29 is 19.5 Å². The largest absolute Gasteiger partial charge is 0.392 e. The molecule has 1 aliphatic rings. The highest BCUT2D eigenvalue weighted by molar-refractivity contribution is 6.29. The van der Waals surface area contributed by atoms with Crippen LogP contribution >= 0.6 is 0 Å². The lowest BCUT2D eigenvalue weighted by Crippen LogP contribution is -2.25. The molecule has 0 amide bonds. The summed E-state index contributed by atoms with van der Waals surface area (Å²) in [5, 5.41) is 9.83. The molecule has 1 aliphatic carbocycles. The lowest BCUT2D eigenvalue weighted by Gasteiger charge is -2.24. The van der Waals surface area contributed by atoms with Crippen molar-refractivity contribution in [3.8, 4) is 0 Å². The van der Waals surface area contributed by atoms with Gasteiger partial charge >= 0.3 is 0 Å². The van der Waals surface area contributed by atoms with Gasteiger partial charge in [0.05, 0.1) is 6.61 Å². The summed E-state index contributed by atoms with van der Waals surface area (Å²) in [5.41, 5.74) is 5.69. The summed E-state index contributed by atoms with van der Waals surface area (Å²) >= 11 is 0. The van der Waals surface area contributed by atoms with E-state index in [1.165, 1.54) is 6.92 Å². The second-order valence-corrected chi connectivity index (χ2v) is 7.78. The summed E-state index contributed by atoms with van der Waals surface area (Å²) in [6, 6.07) is 14.1. The maximum atomic E-state index is 13.5. The Balaban J connectivity index is 2.04. The number of hydrogen-bond donors (Lipinski definition) is 1. The topological polar surface area (TPSA) is 71.4 Å². The summed E-state index contributed by atoms with van der Waals surface area (Å²) in [4.78, 5) is 39.3. The molecule has 0 heterocycles. The zero-order valence-corrected chi connectivity index (χ0v) is 17.2. The first-order chi connectivity index (χ1) is 14.3. The molecule has 0 unspecified atom stereocenters. The van der Waals surface area contributed by atoms with E-state index in [9.17, 15) is 19.5 Å². The fourth-order valence-electron chi connectivity index (χ4n) is 4.49. The molecule has 0 saturated heterocycles. The molecule has 3 aromatic rings. The molecular weight excluding hydrogens is 376 g/mol. The molecule has 4 nitrogen and oxygen atoms in total. The molecule has 0 bridgehead atoms. The Morgan fingerprint density at radius 2 is 1.50 bits per heavy atom. The Labute approximate surface area is 175 Å². The van der Waals surface area contributed by atoms with Crippen LogP contribution in [0.25, 0.3) is 0 Å². The van der Waals surface area contributed by atoms with Crippen molar-refractivity contribution in [2.45, 2.75) is 33.8 Å². The van der Waals surface area contributed by atoms with Gasteiger partial charge in [-0.05, 0) is 61.1 Å². The van der Waals surface area contributed by atoms with Gasteiger partial charge in [-0.2, -0.15) is 0 Å². The number of Topliss-reactive ketones (excluding diaryl/α,β-unsaturated/α-hetero) is 1. The lowest BCUT2D eigenvalue weighted by molar-refractivity contribution is 0.0976. The van der Waals surface area contributed by atoms with Gasteiger partial charge in [0.25, 0.3) is 0 Å². The van der Waals surface area contributed by atoms with Crippen molar-refractivity contribution >= 4 is 17.3 Å². The highest BCUT2D eigenvalue weighted by Crippen LogP contribution is 2.35. The quantitative estimate of drug-likeness (QED) is 0.519. The van der Waals surface area contributed by atoms with Gasteiger partial charge in [0.1, 0.15) is 0 Å². The highest BCUT2D eigenvalue weighted by Gasteiger charge is 2.34. The SMILES string of the molecule is CC(=O)c1c(C)cc2c(c1Cc1c(C)cccc1CO)C(=O)c1ccccc1C2=O. The summed E-state index contributed by atoms with van der Waals surface area (Å²) in [6.45, 7) is 5.07. The molecule has 0 aliphatic heterocycles. The number of fused-ring (bicyclic) bond motifs is 2. The van der Waals surface area contributed by atoms with E-state index >= 15 is 0 Å². The van der Waals surface area contributed by atoms with Crippen LogP contribution in [-0.2, 0) is 13.0 Å². The van der Waals surface area contributed by atoms with Crippen LogP contribution in [0.3, 0.4) is 0 Å². The molecule has 3 aromatic carbocycles. The van der Waals surface area contributed by atoms with E-state index in [1.807, 2.05) is 25.1 Å². The molecular formula is C26H22O4. The minimum Gasteiger partial charge on any atom is -0.392 e. The average Bonchev–Trinajstić information content (AvgIpc) is 2.72. The van der Waals surface area contributed by atoms with Gasteiger partial charge in [0, 0.05) is 27.8 Å². The summed E-state index contributed by atoms with van der Waals surface area (Å²) in [7, 11) is 0. The first-order valence-corrected chi connectivity index (χ1v) is 9.89. The molecule has 0 fully saturated rings. The van der Waals surface area contributed by atoms with Crippen LogP contribution in [0.2, 0.25) is 0 Å². The number of carbonyl (C=O) groups excluding carboxylic acids is 3. The van der Waals surface area contributed by atoms with E-state index < -0.39 is 0 Å². The number of ketones is 3. The van der Waals surface area contributed by atoms with Gasteiger partial charge in [-0.25, -0.2) is 0 Å². The Morgan fingerprint density at radius 3 is 2.13 bits per heavy atom. The molecule has 0 aromatic heterocycles. The number of aliphatic hydroxyl groups is 1. The second kappa shape index (κ2) is 7.47. The molecule has 150 valence electrons. The standard InChI is InChI=1S/C26H22O4/c1-14-7-6-8-17(13-27)20(14)12-21-23(16(3)28)15(2)11-22-24(21)26(30)19-10-5-4-9-18(19)25(22)29/h4-11,27H,12-13H2,1-3H3. The smallest absolute Gasteiger partial charge is 0.194 e. The van der Waals surface area contributed by atoms with Crippen molar-refractivity contribution in [1.82, 2.24) is 0 Å². The molecule has 0 radical (unpaired) electrons. The minimum atomic E-state index is -0.239. The first-order valence-electron chi connectivity index (χ1n) is 9.89. The Bertz CT molecular complexity index is 1230. The van der Waals surface area contributed by atoms with Crippen molar-refractivity contribution in [2.24, 2.45) is 0 Å². The van der Waals surface area contributed by atoms with Gasteiger partial charge < -0.3 is 5.11 Å². The monoisotopic (exact) mass is 398 g/mol. The summed E-state index contributed by atoms with van der Waals surface area (Å²) in [6.07, 6.45) is 0.294. The predicted molar refractivity (Wildman–Crippen MR) is 114 cm³/mol. The summed E-state index contributed by atoms with van der Waals surface area (Å²) < 4.78 is 0. The lowest BCUT2D eigenvalue weighted by atomic mass is 9.76. The zero-order chi connectivity index (χ0) is 21.6. The van der Waals surface area contributed by atoms with Gasteiger partial charge in [0.2, 0.25) is 0 Å². The van der Waals surface area contributed by atoms with Crippen molar-refractivity contribution in [2.75, 3.05) is 0 Å². The molecule has 4 heteroatoms. The maximum absolute atomic E-state index is 13.5. The number of hydrogen-bond acceptors (Lipinski definition) is 4. The fraction of sp³-hybridized carbons (Fsp3) is 0.192. The van der Waals surface area contributed by atoms with Crippen LogP contribution in [0.1, 0.15) is 76.9 Å². The van der Waals surface area contributed by atoms with E-state index in [1.54, 1.807) is 37.3 Å². The van der Waals surface area contributed by atoms with Crippen LogP contribution < -0.4 is 0 Å². The average molecular weight is 398 g/mol. The zero-order valence-electron chi connectivity index (χ0n) is 17.2. The molecule has 30 heavy (non-hydrogen) atoms. The third-order valence-electron chi connectivity index (χ3n) is 5.90. The number of aliphatic hydroxyl groups excluding tert-OH is 1. The van der Waals surface area contributed by atoms with Crippen LogP contribution in [0.15, 0.2) is 48.5 Å². The molecule has 0 spiro atoms. The number of carbonyl (C=O) groups is 3. The third-order valence-corrected chi connectivity index (χ3v) is 5.90. The molecule has 1 N–H and O–H groups in total. The van der Waals surface area contributed by atoms with Crippen molar-refractivity contribution in [3.05, 3.63) is 104 Å². The number of rotatable bonds is 4. The van der Waals surface area contributed by atoms with Gasteiger partial charge in [-0.3, -0.25) is 14.4 Å².